The van der Waals surface area contributed by atoms with Crippen molar-refractivity contribution >= 4 is 21.8 Å². The van der Waals surface area contributed by atoms with E-state index in [1.807, 2.05) is 11.9 Å². The van der Waals surface area contributed by atoms with Gasteiger partial charge in [-0.1, -0.05) is 36.2 Å². The van der Waals surface area contributed by atoms with E-state index in [-0.39, 0.29) is 5.92 Å². The maximum Gasteiger partial charge on any atom is 0.225 e. The lowest BCUT2D eigenvalue weighted by molar-refractivity contribution is -0.135. The number of halogens is 1. The highest BCUT2D eigenvalue weighted by Gasteiger charge is 2.31. The highest BCUT2D eigenvalue weighted by molar-refractivity contribution is 9.09. The predicted molar refractivity (Wildman–Crippen MR) is 62.5 cm³/mol. The first-order valence-electron chi connectivity index (χ1n) is 5.41. The van der Waals surface area contributed by atoms with E-state index < -0.39 is 0 Å². The number of carbonyl (C=O) groups excluding carboxylic acids is 1. The lowest BCUT2D eigenvalue weighted by Gasteiger charge is -2.24. The molecule has 0 bridgehead atoms. The van der Waals surface area contributed by atoms with E-state index in [0.717, 1.165) is 13.0 Å². The maximum atomic E-state index is 12.0. The Morgan fingerprint density at radius 1 is 1.57 bits per heavy atom. The van der Waals surface area contributed by atoms with Gasteiger partial charge in [0.2, 0.25) is 5.91 Å². The molecule has 14 heavy (non-hydrogen) atoms. The molecule has 0 spiro atoms. The van der Waals surface area contributed by atoms with Crippen molar-refractivity contribution in [1.82, 2.24) is 4.90 Å². The molecule has 82 valence electrons. The van der Waals surface area contributed by atoms with Crippen LogP contribution in [-0.4, -0.2) is 29.2 Å². The summed E-state index contributed by atoms with van der Waals surface area (Å²) in [6.07, 6.45) is 3.52. The molecule has 0 aliphatic heterocycles. The Morgan fingerprint density at radius 2 is 2.21 bits per heavy atom. The third-order valence-corrected chi connectivity index (χ3v) is 3.37. The smallest absolute Gasteiger partial charge is 0.225 e. The zero-order valence-corrected chi connectivity index (χ0v) is 10.9. The first-order chi connectivity index (χ1) is 6.52. The Morgan fingerprint density at radius 3 is 2.64 bits per heavy atom. The van der Waals surface area contributed by atoms with Crippen LogP contribution < -0.4 is 0 Å². The fourth-order valence-electron chi connectivity index (χ4n) is 2.26. The monoisotopic (exact) mass is 261 g/mol. The van der Waals surface area contributed by atoms with Gasteiger partial charge < -0.3 is 4.90 Å². The van der Waals surface area contributed by atoms with Crippen molar-refractivity contribution in [2.24, 2.45) is 11.8 Å². The summed E-state index contributed by atoms with van der Waals surface area (Å²) in [6.45, 7) is 5.07. The Kier molecular flexibility index (Phi) is 4.42. The van der Waals surface area contributed by atoms with Gasteiger partial charge in [-0.25, -0.2) is 0 Å². The summed E-state index contributed by atoms with van der Waals surface area (Å²) in [6, 6.07) is 0. The molecule has 2 nitrogen and oxygen atoms in total. The number of alkyl halides is 1. The van der Waals surface area contributed by atoms with Crippen molar-refractivity contribution in [2.45, 2.75) is 37.9 Å². The van der Waals surface area contributed by atoms with Crippen molar-refractivity contribution in [1.29, 1.82) is 0 Å². The summed E-state index contributed by atoms with van der Waals surface area (Å²) in [4.78, 5) is 14.2. The van der Waals surface area contributed by atoms with Crippen LogP contribution in [0.5, 0.6) is 0 Å². The fraction of sp³-hybridized carbons (Fsp3) is 0.909. The summed E-state index contributed by atoms with van der Waals surface area (Å²) in [5.74, 6) is 1.20. The Hall–Kier alpha value is -0.0500. The number of hydrogen-bond acceptors (Lipinski definition) is 1. The number of hydrogen-bond donors (Lipinski definition) is 0. The van der Waals surface area contributed by atoms with Gasteiger partial charge in [0.25, 0.3) is 0 Å². The Bertz CT molecular complexity index is 205. The molecule has 1 fully saturated rings. The Balaban J connectivity index is 2.47. The van der Waals surface area contributed by atoms with Gasteiger partial charge >= 0.3 is 0 Å². The second kappa shape index (κ2) is 5.15. The van der Waals surface area contributed by atoms with Crippen LogP contribution in [0.2, 0.25) is 0 Å². The number of rotatable bonds is 3. The average Bonchev–Trinajstić information content (AvgIpc) is 2.48. The van der Waals surface area contributed by atoms with Crippen LogP contribution in [0.25, 0.3) is 0 Å². The fourth-order valence-corrected chi connectivity index (χ4v) is 2.70. The van der Waals surface area contributed by atoms with Crippen LogP contribution in [0.1, 0.15) is 33.1 Å². The summed E-state index contributed by atoms with van der Waals surface area (Å²) in [5.41, 5.74) is 0. The molecule has 3 unspecified atom stereocenters. The molecule has 0 aromatic rings. The van der Waals surface area contributed by atoms with Crippen molar-refractivity contribution in [3.63, 3.8) is 0 Å². The molecule has 1 aliphatic rings. The van der Waals surface area contributed by atoms with Crippen LogP contribution in [-0.2, 0) is 4.79 Å². The number of amides is 1. The minimum absolute atomic E-state index is 0.284. The number of nitrogens with zero attached hydrogens (tertiary/aromatic N) is 1. The zero-order chi connectivity index (χ0) is 10.7. The second-order valence-electron chi connectivity index (χ2n) is 4.51. The van der Waals surface area contributed by atoms with Crippen molar-refractivity contribution < 1.29 is 4.79 Å². The minimum Gasteiger partial charge on any atom is -0.344 e. The lowest BCUT2D eigenvalue weighted by atomic mass is 9.97. The van der Waals surface area contributed by atoms with E-state index in [9.17, 15) is 4.79 Å². The van der Waals surface area contributed by atoms with Crippen LogP contribution in [0.3, 0.4) is 0 Å². The van der Waals surface area contributed by atoms with Gasteiger partial charge in [-0.2, -0.15) is 0 Å². The van der Waals surface area contributed by atoms with Crippen LogP contribution in [0.15, 0.2) is 0 Å². The molecule has 0 aromatic heterocycles. The molecule has 3 atom stereocenters. The first-order valence-corrected chi connectivity index (χ1v) is 6.33. The van der Waals surface area contributed by atoms with Gasteiger partial charge in [-0.05, 0) is 18.8 Å². The number of carbonyl (C=O) groups is 1. The summed E-state index contributed by atoms with van der Waals surface area (Å²) in [5, 5.41) is 0. The van der Waals surface area contributed by atoms with Gasteiger partial charge in [0.1, 0.15) is 0 Å². The zero-order valence-electron chi connectivity index (χ0n) is 9.29. The molecule has 3 heteroatoms. The van der Waals surface area contributed by atoms with Gasteiger partial charge in [0, 0.05) is 24.3 Å². The largest absolute Gasteiger partial charge is 0.344 e. The molecule has 0 heterocycles. The van der Waals surface area contributed by atoms with Gasteiger partial charge in [0.15, 0.2) is 0 Å². The molecule has 0 aromatic carbocycles. The van der Waals surface area contributed by atoms with Crippen molar-refractivity contribution in [2.75, 3.05) is 13.6 Å². The summed E-state index contributed by atoms with van der Waals surface area (Å²) < 4.78 is 0. The molecule has 1 saturated carbocycles. The van der Waals surface area contributed by atoms with E-state index in [1.165, 1.54) is 12.8 Å². The van der Waals surface area contributed by atoms with E-state index in [2.05, 4.69) is 29.8 Å². The van der Waals surface area contributed by atoms with Crippen molar-refractivity contribution in [3.05, 3.63) is 0 Å². The predicted octanol–water partition coefficient (Wildman–Crippen LogP) is 2.66. The van der Waals surface area contributed by atoms with Crippen LogP contribution >= 0.6 is 15.9 Å². The molecular weight excluding hydrogens is 242 g/mol. The minimum atomic E-state index is 0.284. The summed E-state index contributed by atoms with van der Waals surface area (Å²) in [7, 11) is 1.91. The highest BCUT2D eigenvalue weighted by Crippen LogP contribution is 2.32. The molecule has 0 N–H and O–H groups in total. The van der Waals surface area contributed by atoms with Crippen LogP contribution in [0.4, 0.5) is 0 Å². The topological polar surface area (TPSA) is 20.3 Å². The quantitative estimate of drug-likeness (QED) is 0.716. The molecule has 1 amide bonds. The molecule has 1 rings (SSSR count). The first kappa shape index (κ1) is 12.0. The molecule has 1 aliphatic carbocycles. The van der Waals surface area contributed by atoms with E-state index >= 15 is 0 Å². The van der Waals surface area contributed by atoms with Gasteiger partial charge in [-0.15, -0.1) is 0 Å². The molecule has 0 saturated heterocycles. The van der Waals surface area contributed by atoms with E-state index in [0.29, 0.717) is 16.7 Å². The summed E-state index contributed by atoms with van der Waals surface area (Å²) >= 11 is 3.47. The standard InChI is InChI=1S/C11H20BrNO/c1-8-5-4-6-10(8)11(14)13(3)7-9(2)12/h8-10H,4-7H2,1-3H3. The van der Waals surface area contributed by atoms with Gasteiger partial charge in [-0.3, -0.25) is 4.79 Å². The normalized spacial score (nSPS) is 28.9. The van der Waals surface area contributed by atoms with Crippen molar-refractivity contribution in [3.8, 4) is 0 Å². The lowest BCUT2D eigenvalue weighted by Crippen LogP contribution is -2.36. The average molecular weight is 262 g/mol. The molecule has 0 radical (unpaired) electrons. The second-order valence-corrected chi connectivity index (χ2v) is 6.08. The van der Waals surface area contributed by atoms with Gasteiger partial charge in [0.05, 0.1) is 0 Å². The third-order valence-electron chi connectivity index (χ3n) is 3.08. The van der Waals surface area contributed by atoms with E-state index in [1.54, 1.807) is 0 Å². The maximum absolute atomic E-state index is 12.0. The van der Waals surface area contributed by atoms with Crippen LogP contribution in [0, 0.1) is 11.8 Å². The van der Waals surface area contributed by atoms with E-state index in [4.69, 9.17) is 0 Å². The highest BCUT2D eigenvalue weighted by atomic mass is 79.9. The third kappa shape index (κ3) is 2.97. The SMILES string of the molecule is CC(Br)CN(C)C(=O)C1CCCC1C. The Labute approximate surface area is 95.2 Å². The molecular formula is C11H20BrNO.